The standard InChI is InChI=1S/C20H18N2O6/c1-12-3-6-16(10-18(12)22(26)27)21-11-15(9-19(21)24)20(25)28-17-7-4-14(5-8-17)13(2)23/h3-8,10,15H,9,11H2,1-2H3/t15-/m1/s1. The summed E-state index contributed by atoms with van der Waals surface area (Å²) >= 11 is 0. The van der Waals surface area contributed by atoms with Crippen LogP contribution in [0.1, 0.15) is 29.3 Å². The topological polar surface area (TPSA) is 107 Å². The van der Waals surface area contributed by atoms with Gasteiger partial charge in [0.25, 0.3) is 5.69 Å². The van der Waals surface area contributed by atoms with Crippen LogP contribution in [0, 0.1) is 23.0 Å². The highest BCUT2D eigenvalue weighted by Crippen LogP contribution is 2.30. The Morgan fingerprint density at radius 3 is 2.46 bits per heavy atom. The molecule has 0 aliphatic carbocycles. The van der Waals surface area contributed by atoms with Gasteiger partial charge in [-0.25, -0.2) is 0 Å². The Labute approximate surface area is 160 Å². The van der Waals surface area contributed by atoms with E-state index in [9.17, 15) is 24.5 Å². The molecule has 3 rings (SSSR count). The zero-order valence-electron chi connectivity index (χ0n) is 15.4. The number of nitro benzene ring substituents is 1. The number of hydrogen-bond donors (Lipinski definition) is 0. The lowest BCUT2D eigenvalue weighted by Crippen LogP contribution is -2.27. The number of hydrogen-bond acceptors (Lipinski definition) is 6. The van der Waals surface area contributed by atoms with E-state index < -0.39 is 16.8 Å². The van der Waals surface area contributed by atoms with Crippen LogP contribution >= 0.6 is 0 Å². The van der Waals surface area contributed by atoms with Gasteiger partial charge in [-0.05, 0) is 44.2 Å². The molecule has 144 valence electrons. The fourth-order valence-electron chi connectivity index (χ4n) is 3.03. The summed E-state index contributed by atoms with van der Waals surface area (Å²) in [6.45, 7) is 3.14. The second-order valence-corrected chi connectivity index (χ2v) is 6.63. The number of anilines is 1. The van der Waals surface area contributed by atoms with Crippen molar-refractivity contribution in [1.82, 2.24) is 0 Å². The third-order valence-electron chi connectivity index (χ3n) is 4.64. The van der Waals surface area contributed by atoms with Crippen LogP contribution in [0.25, 0.3) is 0 Å². The SMILES string of the molecule is CC(=O)c1ccc(OC(=O)[C@@H]2CC(=O)N(c3ccc(C)c([N+](=O)[O-])c3)C2)cc1. The van der Waals surface area contributed by atoms with Crippen molar-refractivity contribution >= 4 is 29.0 Å². The van der Waals surface area contributed by atoms with Crippen LogP contribution < -0.4 is 9.64 Å². The largest absolute Gasteiger partial charge is 0.426 e. The second-order valence-electron chi connectivity index (χ2n) is 6.63. The number of esters is 1. The molecule has 1 aliphatic heterocycles. The van der Waals surface area contributed by atoms with Gasteiger partial charge in [0.05, 0.1) is 16.5 Å². The second kappa shape index (κ2) is 7.59. The van der Waals surface area contributed by atoms with Crippen LogP contribution in [-0.4, -0.2) is 29.1 Å². The zero-order valence-corrected chi connectivity index (χ0v) is 15.4. The van der Waals surface area contributed by atoms with Gasteiger partial charge in [0.1, 0.15) is 5.75 Å². The first-order chi connectivity index (χ1) is 13.3. The Balaban J connectivity index is 1.71. The first-order valence-corrected chi connectivity index (χ1v) is 8.64. The molecule has 1 heterocycles. The van der Waals surface area contributed by atoms with E-state index in [2.05, 4.69) is 0 Å². The molecule has 1 aliphatic rings. The summed E-state index contributed by atoms with van der Waals surface area (Å²) in [5.74, 6) is -1.35. The molecule has 8 heteroatoms. The van der Waals surface area contributed by atoms with Crippen LogP contribution in [0.4, 0.5) is 11.4 Å². The van der Waals surface area contributed by atoms with Crippen molar-refractivity contribution in [2.24, 2.45) is 5.92 Å². The number of amides is 1. The van der Waals surface area contributed by atoms with Crippen LogP contribution in [0.2, 0.25) is 0 Å². The van der Waals surface area contributed by atoms with Crippen LogP contribution in [0.3, 0.4) is 0 Å². The van der Waals surface area contributed by atoms with Crippen molar-refractivity contribution in [3.05, 3.63) is 63.7 Å². The summed E-state index contributed by atoms with van der Waals surface area (Å²) in [7, 11) is 0. The van der Waals surface area contributed by atoms with Gasteiger partial charge in [0, 0.05) is 30.2 Å². The lowest BCUT2D eigenvalue weighted by atomic mass is 10.1. The fourth-order valence-corrected chi connectivity index (χ4v) is 3.03. The number of rotatable bonds is 5. The van der Waals surface area contributed by atoms with E-state index in [0.717, 1.165) is 0 Å². The maximum atomic E-state index is 12.4. The maximum Gasteiger partial charge on any atom is 0.316 e. The van der Waals surface area contributed by atoms with Gasteiger partial charge >= 0.3 is 5.97 Å². The van der Waals surface area contributed by atoms with Gasteiger partial charge in [-0.1, -0.05) is 6.07 Å². The summed E-state index contributed by atoms with van der Waals surface area (Å²) in [5, 5.41) is 11.1. The van der Waals surface area contributed by atoms with Gasteiger partial charge in [-0.3, -0.25) is 24.5 Å². The minimum Gasteiger partial charge on any atom is -0.426 e. The van der Waals surface area contributed by atoms with Crippen molar-refractivity contribution in [2.75, 3.05) is 11.4 Å². The molecule has 0 saturated carbocycles. The summed E-state index contributed by atoms with van der Waals surface area (Å²) in [5.41, 5.74) is 1.29. The molecule has 28 heavy (non-hydrogen) atoms. The molecule has 0 unspecified atom stereocenters. The van der Waals surface area contributed by atoms with Crippen molar-refractivity contribution in [1.29, 1.82) is 0 Å². The number of benzene rings is 2. The molecule has 0 aromatic heterocycles. The van der Waals surface area contributed by atoms with Crippen LogP contribution in [0.5, 0.6) is 5.75 Å². The summed E-state index contributed by atoms with van der Waals surface area (Å²) in [4.78, 5) is 48.0. The minimum atomic E-state index is -0.680. The number of carbonyl (C=O) groups is 3. The molecular weight excluding hydrogens is 364 g/mol. The molecule has 8 nitrogen and oxygen atoms in total. The van der Waals surface area contributed by atoms with Crippen molar-refractivity contribution in [3.63, 3.8) is 0 Å². The molecule has 2 aromatic carbocycles. The molecule has 1 amide bonds. The number of aryl methyl sites for hydroxylation is 1. The van der Waals surface area contributed by atoms with Gasteiger partial charge in [-0.15, -0.1) is 0 Å². The maximum absolute atomic E-state index is 12.4. The van der Waals surface area contributed by atoms with Gasteiger partial charge in [-0.2, -0.15) is 0 Å². The van der Waals surface area contributed by atoms with Gasteiger partial charge in [0.2, 0.25) is 5.91 Å². The average Bonchev–Trinajstić information content (AvgIpc) is 3.04. The Bertz CT molecular complexity index is 967. The van der Waals surface area contributed by atoms with Gasteiger partial charge < -0.3 is 9.64 Å². The van der Waals surface area contributed by atoms with Gasteiger partial charge in [0.15, 0.2) is 5.78 Å². The monoisotopic (exact) mass is 382 g/mol. The summed E-state index contributed by atoms with van der Waals surface area (Å²) in [6, 6.07) is 10.7. The lowest BCUT2D eigenvalue weighted by molar-refractivity contribution is -0.385. The summed E-state index contributed by atoms with van der Waals surface area (Å²) in [6.07, 6.45) is -0.0357. The Kier molecular flexibility index (Phi) is 5.21. The Hall–Kier alpha value is -3.55. The zero-order chi connectivity index (χ0) is 20.4. The predicted octanol–water partition coefficient (Wildman–Crippen LogP) is 3.06. The molecule has 1 saturated heterocycles. The number of Topliss-reactive ketones (excluding diaryl/α,β-unsaturated/α-hetero) is 1. The highest BCUT2D eigenvalue weighted by molar-refractivity contribution is 6.00. The average molecular weight is 382 g/mol. The third kappa shape index (κ3) is 3.90. The number of carbonyl (C=O) groups excluding carboxylic acids is 3. The van der Waals surface area contributed by atoms with E-state index in [1.165, 1.54) is 30.0 Å². The molecule has 1 fully saturated rings. The highest BCUT2D eigenvalue weighted by Gasteiger charge is 2.37. The molecule has 0 bridgehead atoms. The minimum absolute atomic E-state index is 0.0357. The quantitative estimate of drug-likeness (QED) is 0.259. The van der Waals surface area contributed by atoms with Crippen molar-refractivity contribution < 1.29 is 24.0 Å². The number of nitro groups is 1. The predicted molar refractivity (Wildman–Crippen MR) is 100 cm³/mol. The third-order valence-corrected chi connectivity index (χ3v) is 4.64. The first kappa shape index (κ1) is 19.2. The van der Waals surface area contributed by atoms with E-state index in [1.807, 2.05) is 0 Å². The van der Waals surface area contributed by atoms with E-state index in [-0.39, 0.29) is 36.1 Å². The Morgan fingerprint density at radius 2 is 1.86 bits per heavy atom. The molecular formula is C20H18N2O6. The molecule has 1 atom stereocenters. The van der Waals surface area contributed by atoms with E-state index in [1.54, 1.807) is 31.2 Å². The molecule has 2 aromatic rings. The highest BCUT2D eigenvalue weighted by atomic mass is 16.6. The Morgan fingerprint density at radius 1 is 1.18 bits per heavy atom. The van der Waals surface area contributed by atoms with Crippen LogP contribution in [-0.2, 0) is 9.59 Å². The van der Waals surface area contributed by atoms with E-state index in [0.29, 0.717) is 16.8 Å². The fraction of sp³-hybridized carbons (Fsp3) is 0.250. The molecule has 0 radical (unpaired) electrons. The lowest BCUT2D eigenvalue weighted by Gasteiger charge is -2.16. The number of ether oxygens (including phenoxy) is 1. The smallest absolute Gasteiger partial charge is 0.316 e. The first-order valence-electron chi connectivity index (χ1n) is 8.64. The van der Waals surface area contributed by atoms with Crippen molar-refractivity contribution in [3.8, 4) is 5.75 Å². The van der Waals surface area contributed by atoms with E-state index in [4.69, 9.17) is 4.74 Å². The normalized spacial score (nSPS) is 16.1. The molecule has 0 N–H and O–H groups in total. The van der Waals surface area contributed by atoms with Crippen LogP contribution in [0.15, 0.2) is 42.5 Å². The molecule has 0 spiro atoms. The van der Waals surface area contributed by atoms with Crippen molar-refractivity contribution in [2.45, 2.75) is 20.3 Å². The van der Waals surface area contributed by atoms with E-state index >= 15 is 0 Å². The summed E-state index contributed by atoms with van der Waals surface area (Å²) < 4.78 is 5.31. The number of nitrogens with zero attached hydrogens (tertiary/aromatic N) is 2. The number of ketones is 1.